The lowest BCUT2D eigenvalue weighted by atomic mass is 10.1. The first-order valence-electron chi connectivity index (χ1n) is 11.5. The summed E-state index contributed by atoms with van der Waals surface area (Å²) in [7, 11) is 0. The molecule has 0 saturated carbocycles. The van der Waals surface area contributed by atoms with Gasteiger partial charge in [-0.15, -0.1) is 0 Å². The molecule has 6 amide bonds. The molecule has 1 aromatic carbocycles. The zero-order valence-corrected chi connectivity index (χ0v) is 19.7. The number of Topliss-reactive ketones (excluding diaryl/α,β-unsaturated/α-hetero) is 1. The highest BCUT2D eigenvalue weighted by atomic mass is 16.2. The number of nitrogens with one attached hydrogen (secondary N) is 4. The van der Waals surface area contributed by atoms with E-state index in [1.807, 2.05) is 13.8 Å². The lowest BCUT2D eigenvalue weighted by molar-refractivity contribution is -0.133. The number of hydrogen-bond acceptors (Lipinski definition) is 5. The predicted molar refractivity (Wildman–Crippen MR) is 125 cm³/mol. The van der Waals surface area contributed by atoms with Crippen molar-refractivity contribution in [3.8, 4) is 0 Å². The molecule has 3 rings (SSSR count). The molecule has 2 fully saturated rings. The second kappa shape index (κ2) is 11.0. The van der Waals surface area contributed by atoms with Crippen molar-refractivity contribution < 1.29 is 24.0 Å². The molecular weight excluding hydrogens is 440 g/mol. The van der Waals surface area contributed by atoms with Crippen molar-refractivity contribution in [2.75, 3.05) is 31.5 Å². The van der Waals surface area contributed by atoms with E-state index in [4.69, 9.17) is 0 Å². The Morgan fingerprint density at radius 1 is 1.06 bits per heavy atom. The van der Waals surface area contributed by atoms with Gasteiger partial charge in [0.25, 0.3) is 0 Å². The van der Waals surface area contributed by atoms with E-state index in [0.717, 1.165) is 6.42 Å². The summed E-state index contributed by atoms with van der Waals surface area (Å²) >= 11 is 0. The van der Waals surface area contributed by atoms with E-state index >= 15 is 0 Å². The van der Waals surface area contributed by atoms with Gasteiger partial charge >= 0.3 is 12.1 Å². The number of piperidine rings is 1. The number of carbonyl (C=O) groups excluding carboxylic acids is 5. The molecule has 34 heavy (non-hydrogen) atoms. The van der Waals surface area contributed by atoms with Crippen LogP contribution in [0.15, 0.2) is 24.3 Å². The smallest absolute Gasteiger partial charge is 0.321 e. The maximum Gasteiger partial charge on any atom is 0.321 e. The van der Waals surface area contributed by atoms with E-state index in [2.05, 4.69) is 21.3 Å². The van der Waals surface area contributed by atoms with Crippen LogP contribution in [0.4, 0.5) is 15.3 Å². The van der Waals surface area contributed by atoms with Crippen LogP contribution in [0.1, 0.15) is 44.0 Å². The molecule has 11 heteroatoms. The summed E-state index contributed by atoms with van der Waals surface area (Å²) in [4.78, 5) is 65.2. The van der Waals surface area contributed by atoms with Crippen molar-refractivity contribution in [3.63, 3.8) is 0 Å². The van der Waals surface area contributed by atoms with Crippen LogP contribution < -0.4 is 21.3 Å². The summed E-state index contributed by atoms with van der Waals surface area (Å²) in [5, 5.41) is 11.0. The van der Waals surface area contributed by atoms with E-state index in [-0.39, 0.29) is 37.4 Å². The number of rotatable bonds is 5. The number of piperazine rings is 1. The fourth-order valence-corrected chi connectivity index (χ4v) is 3.93. The number of urea groups is 2. The second-order valence-corrected chi connectivity index (χ2v) is 8.82. The van der Waals surface area contributed by atoms with Crippen LogP contribution in [0.2, 0.25) is 0 Å². The Morgan fingerprint density at radius 3 is 2.38 bits per heavy atom. The first kappa shape index (κ1) is 25.0. The Bertz CT molecular complexity index is 948. The Balaban J connectivity index is 1.71. The average molecular weight is 473 g/mol. The van der Waals surface area contributed by atoms with Crippen molar-refractivity contribution in [2.45, 2.75) is 51.7 Å². The molecule has 4 N–H and O–H groups in total. The van der Waals surface area contributed by atoms with Gasteiger partial charge in [-0.2, -0.15) is 0 Å². The van der Waals surface area contributed by atoms with Crippen molar-refractivity contribution in [3.05, 3.63) is 29.8 Å². The highest BCUT2D eigenvalue weighted by molar-refractivity contribution is 5.96. The minimum absolute atomic E-state index is 0.0248. The highest BCUT2D eigenvalue weighted by Crippen LogP contribution is 2.16. The first-order valence-corrected chi connectivity index (χ1v) is 11.5. The second-order valence-electron chi connectivity index (χ2n) is 8.82. The number of nitrogens with zero attached hydrogens (tertiary/aromatic N) is 2. The van der Waals surface area contributed by atoms with E-state index in [9.17, 15) is 24.0 Å². The number of anilines is 1. The molecule has 0 bridgehead atoms. The van der Waals surface area contributed by atoms with E-state index in [1.165, 1.54) is 16.7 Å². The summed E-state index contributed by atoms with van der Waals surface area (Å²) in [5.41, 5.74) is 1.04. The van der Waals surface area contributed by atoms with Gasteiger partial charge in [-0.05, 0) is 57.9 Å². The Labute approximate surface area is 198 Å². The van der Waals surface area contributed by atoms with Crippen LogP contribution in [-0.4, -0.2) is 83.8 Å². The normalized spacial score (nSPS) is 20.4. The van der Waals surface area contributed by atoms with Gasteiger partial charge in [0.1, 0.15) is 12.1 Å². The van der Waals surface area contributed by atoms with Crippen molar-refractivity contribution in [1.82, 2.24) is 25.8 Å². The van der Waals surface area contributed by atoms with Crippen LogP contribution >= 0.6 is 0 Å². The summed E-state index contributed by atoms with van der Waals surface area (Å²) in [5.74, 6) is -0.810. The maximum atomic E-state index is 13.1. The van der Waals surface area contributed by atoms with E-state index in [0.29, 0.717) is 24.2 Å². The zero-order chi connectivity index (χ0) is 24.8. The summed E-state index contributed by atoms with van der Waals surface area (Å²) < 4.78 is 0. The molecule has 11 nitrogen and oxygen atoms in total. The number of carbonyl (C=O) groups is 5. The number of ketones is 1. The molecule has 2 saturated heterocycles. The highest BCUT2D eigenvalue weighted by Gasteiger charge is 2.38. The van der Waals surface area contributed by atoms with Gasteiger partial charge in [0.05, 0.1) is 6.54 Å². The third-order valence-corrected chi connectivity index (χ3v) is 5.79. The lowest BCUT2D eigenvalue weighted by Crippen LogP contribution is -2.65. The van der Waals surface area contributed by atoms with Gasteiger partial charge in [0, 0.05) is 36.9 Å². The molecule has 1 aromatic rings. The molecule has 2 aliphatic rings. The fraction of sp³-hybridized carbons (Fsp3) is 0.522. The Morgan fingerprint density at radius 2 is 1.76 bits per heavy atom. The van der Waals surface area contributed by atoms with Gasteiger partial charge in [0.2, 0.25) is 11.8 Å². The van der Waals surface area contributed by atoms with Crippen molar-refractivity contribution in [1.29, 1.82) is 0 Å². The molecule has 2 heterocycles. The van der Waals surface area contributed by atoms with Gasteiger partial charge in [-0.3, -0.25) is 14.4 Å². The molecular formula is C23H32N6O5. The van der Waals surface area contributed by atoms with Crippen molar-refractivity contribution in [2.24, 2.45) is 0 Å². The molecule has 184 valence electrons. The third-order valence-electron chi connectivity index (χ3n) is 5.79. The number of hydrogen-bond donors (Lipinski definition) is 4. The van der Waals surface area contributed by atoms with Gasteiger partial charge in [-0.25, -0.2) is 9.59 Å². The Hall–Kier alpha value is -3.63. The van der Waals surface area contributed by atoms with E-state index < -0.39 is 30.1 Å². The van der Waals surface area contributed by atoms with Crippen LogP contribution in [0.3, 0.4) is 0 Å². The molecule has 0 aliphatic carbocycles. The summed E-state index contributed by atoms with van der Waals surface area (Å²) in [6, 6.07) is 3.94. The topological polar surface area (TPSA) is 140 Å². The fourth-order valence-electron chi connectivity index (χ4n) is 3.93. The standard InChI is InChI=1S/C23H32N6O5/c1-14(2)25-23(34)29-12-11-28(22(33)26-17-8-6-16(7-9-17)15(3)30)13-19(29)21(32)27-18-5-4-10-24-20(18)31/h6-9,14,18-19H,4-5,10-13H2,1-3H3,(H,24,31)(H,25,34)(H,26,33)(H,27,32)/t18-,19-/m0/s1. The monoisotopic (exact) mass is 472 g/mol. The SMILES string of the molecule is CC(=O)c1ccc(NC(=O)N2CCN(C(=O)NC(C)C)[C@H](C(=O)N[C@H]3CCCNC3=O)C2)cc1. The zero-order valence-electron chi connectivity index (χ0n) is 19.7. The quantitative estimate of drug-likeness (QED) is 0.472. The summed E-state index contributed by atoms with van der Waals surface area (Å²) in [6.07, 6.45) is 1.26. The molecule has 0 spiro atoms. The van der Waals surface area contributed by atoms with Crippen LogP contribution in [0, 0.1) is 0 Å². The predicted octanol–water partition coefficient (Wildman–Crippen LogP) is 0.920. The molecule has 2 atom stereocenters. The molecule has 0 unspecified atom stereocenters. The van der Waals surface area contributed by atoms with Gasteiger partial charge in [-0.1, -0.05) is 0 Å². The van der Waals surface area contributed by atoms with Crippen LogP contribution in [0.25, 0.3) is 0 Å². The first-order chi connectivity index (χ1) is 16.2. The van der Waals surface area contributed by atoms with Crippen LogP contribution in [-0.2, 0) is 9.59 Å². The third kappa shape index (κ3) is 6.24. The minimum atomic E-state index is -0.951. The van der Waals surface area contributed by atoms with Gasteiger partial charge in [0.15, 0.2) is 5.78 Å². The van der Waals surface area contributed by atoms with Crippen molar-refractivity contribution >= 4 is 35.3 Å². The minimum Gasteiger partial charge on any atom is -0.354 e. The van der Waals surface area contributed by atoms with Gasteiger partial charge < -0.3 is 31.1 Å². The Kier molecular flexibility index (Phi) is 8.08. The van der Waals surface area contributed by atoms with Crippen LogP contribution in [0.5, 0.6) is 0 Å². The lowest BCUT2D eigenvalue weighted by Gasteiger charge is -2.41. The maximum absolute atomic E-state index is 13.1. The summed E-state index contributed by atoms with van der Waals surface area (Å²) in [6.45, 7) is 6.04. The molecule has 0 aromatic heterocycles. The largest absolute Gasteiger partial charge is 0.354 e. The number of benzene rings is 1. The number of amides is 6. The average Bonchev–Trinajstić information content (AvgIpc) is 2.80. The molecule has 2 aliphatic heterocycles. The van der Waals surface area contributed by atoms with E-state index in [1.54, 1.807) is 24.3 Å². The molecule has 0 radical (unpaired) electrons.